The number of nitrogen functional groups attached to an aromatic ring is 2. The van der Waals surface area contributed by atoms with E-state index in [1.54, 1.807) is 51.2 Å². The Bertz CT molecular complexity index is 1820. The molecule has 2 aliphatic rings. The van der Waals surface area contributed by atoms with Gasteiger partial charge in [-0.05, 0) is 47.0 Å². The van der Waals surface area contributed by atoms with Gasteiger partial charge in [-0.1, -0.05) is 70.9 Å². The molecule has 2 atom stereocenters. The number of nitrogens with zero attached hydrogens (tertiary/aromatic N) is 5. The number of aromatic nitrogens is 1. The summed E-state index contributed by atoms with van der Waals surface area (Å²) in [6, 6.07) is 16.9. The third-order valence-corrected chi connectivity index (χ3v) is 9.72. The van der Waals surface area contributed by atoms with E-state index >= 15 is 0 Å². The predicted octanol–water partition coefficient (Wildman–Crippen LogP) is 4.50. The van der Waals surface area contributed by atoms with Crippen molar-refractivity contribution in [1.82, 2.24) is 30.1 Å². The molecule has 0 spiro atoms. The second-order valence-corrected chi connectivity index (χ2v) is 13.0. The normalized spacial score (nSPS) is 18.2. The number of rotatable bonds is 9. The molecule has 0 radical (unpaired) electrons. The molecule has 1 aromatic heterocycles. The minimum Gasteiger partial charge on any atom is -0.399 e. The number of hydrogen-bond acceptors (Lipinski definition) is 8. The second kappa shape index (κ2) is 13.2. The molecule has 238 valence electrons. The van der Waals surface area contributed by atoms with Gasteiger partial charge in [0.15, 0.2) is 5.13 Å². The van der Waals surface area contributed by atoms with Gasteiger partial charge in [0.2, 0.25) is 11.8 Å². The zero-order valence-electron chi connectivity index (χ0n) is 24.7. The Balaban J connectivity index is 1.31. The zero-order chi connectivity index (χ0) is 32.5. The highest BCUT2D eigenvalue weighted by molar-refractivity contribution is 7.22. The van der Waals surface area contributed by atoms with Crippen LogP contribution < -0.4 is 16.8 Å². The van der Waals surface area contributed by atoms with Gasteiger partial charge in [-0.15, -0.1) is 6.58 Å². The number of hydrogen-bond donors (Lipinski definition) is 3. The number of anilines is 2. The van der Waals surface area contributed by atoms with Crippen molar-refractivity contribution in [2.75, 3.05) is 31.1 Å². The Morgan fingerprint density at radius 1 is 1.09 bits per heavy atom. The first-order valence-electron chi connectivity index (χ1n) is 14.6. The molecule has 11 nitrogen and oxygen atoms in total. The van der Waals surface area contributed by atoms with Crippen LogP contribution in [0.15, 0.2) is 73.3 Å². The average Bonchev–Trinajstić information content (AvgIpc) is 3.58. The number of amides is 4. The third-order valence-electron chi connectivity index (χ3n) is 8.13. The largest absolute Gasteiger partial charge is 0.399 e. The summed E-state index contributed by atoms with van der Waals surface area (Å²) in [4.78, 5) is 49.4. The molecular weight excluding hydrogens is 647 g/mol. The Hall–Kier alpha value is -4.36. The van der Waals surface area contributed by atoms with E-state index < -0.39 is 18.2 Å². The van der Waals surface area contributed by atoms with Crippen LogP contribution in [0.5, 0.6) is 0 Å². The maximum Gasteiger partial charge on any atom is 0.332 e. The highest BCUT2D eigenvalue weighted by Crippen LogP contribution is 2.32. The van der Waals surface area contributed by atoms with Gasteiger partial charge in [0, 0.05) is 25.2 Å². The molecule has 4 amide bonds. The number of hydrazine groups is 1. The lowest BCUT2D eigenvalue weighted by Crippen LogP contribution is -2.66. The number of carbonyl (C=O) groups is 3. The van der Waals surface area contributed by atoms with Crippen molar-refractivity contribution in [3.63, 3.8) is 0 Å². The van der Waals surface area contributed by atoms with Crippen LogP contribution in [0.25, 0.3) is 10.2 Å². The topological polar surface area (TPSA) is 141 Å². The van der Waals surface area contributed by atoms with Crippen molar-refractivity contribution in [3.8, 4) is 0 Å². The fraction of sp³-hybridized carbons (Fsp3) is 0.250. The fourth-order valence-electron chi connectivity index (χ4n) is 5.97. The molecular formula is C32H32Cl2N8O3S. The van der Waals surface area contributed by atoms with Crippen LogP contribution in [-0.4, -0.2) is 74.5 Å². The van der Waals surface area contributed by atoms with Crippen LogP contribution >= 0.6 is 34.5 Å². The van der Waals surface area contributed by atoms with Crippen LogP contribution in [0, 0.1) is 0 Å². The lowest BCUT2D eigenvalue weighted by atomic mass is 9.99. The second-order valence-electron chi connectivity index (χ2n) is 11.2. The molecule has 2 saturated heterocycles. The van der Waals surface area contributed by atoms with Gasteiger partial charge in [0.1, 0.15) is 12.2 Å². The monoisotopic (exact) mass is 678 g/mol. The molecule has 3 aromatic carbocycles. The highest BCUT2D eigenvalue weighted by Gasteiger charge is 2.52. The van der Waals surface area contributed by atoms with E-state index in [0.717, 1.165) is 26.9 Å². The maximum absolute atomic E-state index is 14.2. The number of piperazine rings is 1. The Morgan fingerprint density at radius 3 is 2.59 bits per heavy atom. The van der Waals surface area contributed by atoms with Gasteiger partial charge in [-0.3, -0.25) is 14.6 Å². The van der Waals surface area contributed by atoms with Gasteiger partial charge in [0.05, 0.1) is 39.9 Å². The quantitative estimate of drug-likeness (QED) is 0.175. The van der Waals surface area contributed by atoms with Crippen molar-refractivity contribution in [2.24, 2.45) is 0 Å². The summed E-state index contributed by atoms with van der Waals surface area (Å²) in [5, 5.41) is 7.33. The van der Waals surface area contributed by atoms with Gasteiger partial charge in [-0.25, -0.2) is 9.78 Å². The molecule has 14 heteroatoms. The number of fused-ring (bicyclic) bond motifs is 2. The fourth-order valence-corrected chi connectivity index (χ4v) is 7.07. The summed E-state index contributed by atoms with van der Waals surface area (Å²) in [5.74, 6) is -0.443. The Kier molecular flexibility index (Phi) is 9.05. The first kappa shape index (κ1) is 31.6. The molecule has 0 saturated carbocycles. The van der Waals surface area contributed by atoms with Crippen molar-refractivity contribution in [2.45, 2.75) is 31.7 Å². The first-order valence-corrected chi connectivity index (χ1v) is 16.1. The Morgan fingerprint density at radius 2 is 1.85 bits per heavy atom. The van der Waals surface area contributed by atoms with E-state index in [1.165, 1.54) is 16.3 Å². The van der Waals surface area contributed by atoms with Gasteiger partial charge >= 0.3 is 6.03 Å². The van der Waals surface area contributed by atoms with Crippen molar-refractivity contribution in [3.05, 3.63) is 100 Å². The number of para-hydroxylation sites is 1. The number of thiazole rings is 1. The lowest BCUT2D eigenvalue weighted by Gasteiger charge is -2.46. The molecule has 0 aliphatic carbocycles. The molecule has 6 rings (SSSR count). The van der Waals surface area contributed by atoms with Crippen molar-refractivity contribution >= 4 is 73.4 Å². The smallest absolute Gasteiger partial charge is 0.332 e. The van der Waals surface area contributed by atoms with Gasteiger partial charge in [0.25, 0.3) is 0 Å². The third kappa shape index (κ3) is 6.34. The number of carbonyl (C=O) groups excluding carboxylic acids is 3. The minimum absolute atomic E-state index is 0.0870. The number of nitrogens with two attached hydrogens (primary N) is 2. The van der Waals surface area contributed by atoms with Crippen LogP contribution in [0.4, 0.5) is 15.6 Å². The van der Waals surface area contributed by atoms with Crippen LogP contribution in [0.1, 0.15) is 16.7 Å². The van der Waals surface area contributed by atoms with Crippen LogP contribution in [-0.2, 0) is 29.1 Å². The number of urea groups is 1. The molecule has 0 unspecified atom stereocenters. The van der Waals surface area contributed by atoms with Gasteiger partial charge < -0.3 is 26.6 Å². The van der Waals surface area contributed by atoms with E-state index in [-0.39, 0.29) is 51.0 Å². The van der Waals surface area contributed by atoms with E-state index in [2.05, 4.69) is 16.9 Å². The first-order chi connectivity index (χ1) is 22.1. The van der Waals surface area contributed by atoms with Gasteiger partial charge in [-0.2, -0.15) is 5.01 Å². The molecule has 46 heavy (non-hydrogen) atoms. The van der Waals surface area contributed by atoms with E-state index in [4.69, 9.17) is 34.7 Å². The van der Waals surface area contributed by atoms with Crippen LogP contribution in [0.2, 0.25) is 10.0 Å². The van der Waals surface area contributed by atoms with Crippen molar-refractivity contribution < 1.29 is 14.4 Å². The summed E-state index contributed by atoms with van der Waals surface area (Å²) in [6.45, 7) is 4.51. The van der Waals surface area contributed by atoms with E-state index in [9.17, 15) is 14.4 Å². The summed E-state index contributed by atoms with van der Waals surface area (Å²) in [6.07, 6.45) is 1.26. The van der Waals surface area contributed by atoms with E-state index in [1.807, 2.05) is 30.3 Å². The zero-order valence-corrected chi connectivity index (χ0v) is 27.1. The summed E-state index contributed by atoms with van der Waals surface area (Å²) in [7, 11) is 0. The highest BCUT2D eigenvalue weighted by atomic mass is 35.5. The molecule has 4 aromatic rings. The molecule has 2 fully saturated rings. The number of halogens is 2. The van der Waals surface area contributed by atoms with Crippen LogP contribution in [0.3, 0.4) is 0 Å². The molecule has 2 aliphatic heterocycles. The molecule has 3 heterocycles. The minimum atomic E-state index is -0.801. The summed E-state index contributed by atoms with van der Waals surface area (Å²) < 4.78 is 0.924. The predicted molar refractivity (Wildman–Crippen MR) is 181 cm³/mol. The standard InChI is InChI=1S/C32H32Cl2N8O3S/c1-2-12-40(32(45)37-15-20-8-11-23(33)24(34)13-20)41-18-28(43)42-25(14-19-6-9-22(35)10-7-19)30(44)39(17-27(41)42)16-21-4-3-5-26-29(21)38-31(36)46-26/h2-11,13,25,27H,1,12,14-18,35H2,(H2,36,38)(H,37,45)/t25-,27+/m0/s1. The number of nitrogens with one attached hydrogen (secondary N) is 1. The number of benzene rings is 3. The molecule has 0 bridgehead atoms. The molecule has 5 N–H and O–H groups in total. The SMILES string of the molecule is C=CCN(C(=O)NCc1ccc(Cl)c(Cl)c1)N1CC(=O)N2[C@@H](Cc3ccc(N)cc3)C(=O)N(Cc3cccc4sc(N)nc34)C[C@@H]21. The van der Waals surface area contributed by atoms with Crippen molar-refractivity contribution in [1.29, 1.82) is 0 Å². The Labute approximate surface area is 279 Å². The lowest BCUT2D eigenvalue weighted by molar-refractivity contribution is -0.157. The summed E-state index contributed by atoms with van der Waals surface area (Å²) >= 11 is 13.6. The maximum atomic E-state index is 14.2. The summed E-state index contributed by atoms with van der Waals surface area (Å²) in [5.41, 5.74) is 15.7. The average molecular weight is 680 g/mol. The van der Waals surface area contributed by atoms with E-state index in [0.29, 0.717) is 20.9 Å².